The van der Waals surface area contributed by atoms with Gasteiger partial charge in [-0.3, -0.25) is 19.7 Å². The number of carboxylic acids is 1. The van der Waals surface area contributed by atoms with Crippen LogP contribution >= 0.6 is 11.3 Å². The van der Waals surface area contributed by atoms with Gasteiger partial charge in [-0.2, -0.15) is 0 Å². The first kappa shape index (κ1) is 13.1. The van der Waals surface area contributed by atoms with Gasteiger partial charge in [0.25, 0.3) is 5.91 Å². The number of nitrogens with zero attached hydrogens (tertiary/aromatic N) is 1. The molecule has 0 radical (unpaired) electrons. The van der Waals surface area contributed by atoms with Crippen LogP contribution in [0, 0.1) is 10.1 Å². The topological polar surface area (TPSA) is 110 Å². The summed E-state index contributed by atoms with van der Waals surface area (Å²) in [6.07, 6.45) is 0.305. The maximum absolute atomic E-state index is 11.5. The highest BCUT2D eigenvalue weighted by Crippen LogP contribution is 2.23. The van der Waals surface area contributed by atoms with Crippen LogP contribution in [0.5, 0.6) is 0 Å². The zero-order valence-electron chi connectivity index (χ0n) is 8.71. The molecule has 0 fully saturated rings. The third kappa shape index (κ3) is 4.19. The van der Waals surface area contributed by atoms with Crippen molar-refractivity contribution in [1.29, 1.82) is 0 Å². The number of rotatable bonds is 6. The van der Waals surface area contributed by atoms with Gasteiger partial charge < -0.3 is 10.4 Å². The van der Waals surface area contributed by atoms with E-state index in [1.165, 1.54) is 12.1 Å². The number of thiophene rings is 1. The van der Waals surface area contributed by atoms with E-state index in [2.05, 4.69) is 5.32 Å². The van der Waals surface area contributed by atoms with Gasteiger partial charge in [-0.25, -0.2) is 0 Å². The molecule has 0 aliphatic carbocycles. The molecule has 1 aromatic rings. The Morgan fingerprint density at radius 1 is 1.47 bits per heavy atom. The third-order valence-electron chi connectivity index (χ3n) is 1.85. The van der Waals surface area contributed by atoms with Gasteiger partial charge in [0.05, 0.1) is 9.80 Å². The Kier molecular flexibility index (Phi) is 4.58. The second-order valence-corrected chi connectivity index (χ2v) is 4.21. The lowest BCUT2D eigenvalue weighted by atomic mass is 10.3. The fraction of sp³-hybridized carbons (Fsp3) is 0.333. The Labute approximate surface area is 100 Å². The van der Waals surface area contributed by atoms with Gasteiger partial charge >= 0.3 is 11.0 Å². The summed E-state index contributed by atoms with van der Waals surface area (Å²) in [7, 11) is 0. The van der Waals surface area contributed by atoms with E-state index in [1.54, 1.807) is 0 Å². The molecule has 7 nitrogen and oxygen atoms in total. The van der Waals surface area contributed by atoms with Crippen LogP contribution in [-0.2, 0) is 4.79 Å². The molecule has 1 heterocycles. The first-order chi connectivity index (χ1) is 8.00. The summed E-state index contributed by atoms with van der Waals surface area (Å²) in [4.78, 5) is 31.7. The number of aliphatic carboxylic acids is 1. The molecule has 0 saturated heterocycles. The summed E-state index contributed by atoms with van der Waals surface area (Å²) in [5.74, 6) is -1.35. The normalized spacial score (nSPS) is 9.88. The molecular formula is C9H10N2O5S. The standard InChI is InChI=1S/C9H10N2O5S/c12-8(13)2-1-5-10-9(14)6-3-4-7(17-6)11(15)16/h3-4H,1-2,5H2,(H,10,14)(H,12,13). The van der Waals surface area contributed by atoms with E-state index in [0.717, 1.165) is 11.3 Å². The van der Waals surface area contributed by atoms with Crippen molar-refractivity contribution in [2.24, 2.45) is 0 Å². The molecule has 0 unspecified atom stereocenters. The Hall–Kier alpha value is -1.96. The van der Waals surface area contributed by atoms with E-state index in [4.69, 9.17) is 5.11 Å². The van der Waals surface area contributed by atoms with Crippen molar-refractivity contribution >= 4 is 28.2 Å². The minimum atomic E-state index is -0.925. The fourth-order valence-corrected chi connectivity index (χ4v) is 1.81. The summed E-state index contributed by atoms with van der Waals surface area (Å²) in [5, 5.41) is 21.2. The van der Waals surface area contributed by atoms with Crippen molar-refractivity contribution in [3.63, 3.8) is 0 Å². The second-order valence-electron chi connectivity index (χ2n) is 3.15. The molecule has 2 N–H and O–H groups in total. The summed E-state index contributed by atoms with van der Waals surface area (Å²) in [6, 6.07) is 2.63. The van der Waals surface area contributed by atoms with Crippen LogP contribution in [0.4, 0.5) is 5.00 Å². The van der Waals surface area contributed by atoms with Gasteiger partial charge in [0.1, 0.15) is 0 Å². The van der Waals surface area contributed by atoms with Crippen molar-refractivity contribution in [3.05, 3.63) is 27.1 Å². The molecule has 1 amide bonds. The number of nitrogens with one attached hydrogen (secondary N) is 1. The van der Waals surface area contributed by atoms with Gasteiger partial charge in [0, 0.05) is 19.0 Å². The fourth-order valence-electron chi connectivity index (χ4n) is 1.08. The molecular weight excluding hydrogens is 248 g/mol. The average Bonchev–Trinajstić information content (AvgIpc) is 2.73. The van der Waals surface area contributed by atoms with E-state index in [1.807, 2.05) is 0 Å². The molecule has 0 atom stereocenters. The Morgan fingerprint density at radius 2 is 2.18 bits per heavy atom. The lowest BCUT2D eigenvalue weighted by molar-refractivity contribution is -0.380. The first-order valence-electron chi connectivity index (χ1n) is 4.75. The summed E-state index contributed by atoms with van der Waals surface area (Å²) >= 11 is 0.786. The lowest BCUT2D eigenvalue weighted by Crippen LogP contribution is -2.23. The quantitative estimate of drug-likeness (QED) is 0.453. The maximum Gasteiger partial charge on any atom is 0.324 e. The van der Waals surface area contributed by atoms with Crippen molar-refractivity contribution in [2.75, 3.05) is 6.54 Å². The van der Waals surface area contributed by atoms with Gasteiger partial charge in [-0.05, 0) is 12.5 Å². The minimum Gasteiger partial charge on any atom is -0.481 e. The number of carbonyl (C=O) groups excluding carboxylic acids is 1. The Bertz CT molecular complexity index is 442. The predicted molar refractivity (Wildman–Crippen MR) is 60.2 cm³/mol. The summed E-state index contributed by atoms with van der Waals surface area (Å²) in [5.41, 5.74) is 0. The number of hydrogen-bond acceptors (Lipinski definition) is 5. The van der Waals surface area contributed by atoms with Gasteiger partial charge in [-0.1, -0.05) is 11.3 Å². The zero-order chi connectivity index (χ0) is 12.8. The number of amides is 1. The van der Waals surface area contributed by atoms with Crippen LogP contribution < -0.4 is 5.32 Å². The van der Waals surface area contributed by atoms with Gasteiger partial charge in [-0.15, -0.1) is 0 Å². The molecule has 1 aromatic heterocycles. The molecule has 0 aliphatic rings. The van der Waals surface area contributed by atoms with E-state index < -0.39 is 16.8 Å². The highest BCUT2D eigenvalue weighted by atomic mass is 32.1. The van der Waals surface area contributed by atoms with Crippen LogP contribution in [-0.4, -0.2) is 28.5 Å². The minimum absolute atomic E-state index is 0.0229. The van der Waals surface area contributed by atoms with E-state index in [0.29, 0.717) is 6.42 Å². The summed E-state index contributed by atoms with van der Waals surface area (Å²) < 4.78 is 0. The van der Waals surface area contributed by atoms with Crippen molar-refractivity contribution < 1.29 is 19.6 Å². The molecule has 0 aliphatic heterocycles. The number of hydrogen-bond donors (Lipinski definition) is 2. The largest absolute Gasteiger partial charge is 0.481 e. The van der Waals surface area contributed by atoms with Crippen molar-refractivity contribution in [1.82, 2.24) is 5.32 Å². The van der Waals surface area contributed by atoms with E-state index in [-0.39, 0.29) is 22.8 Å². The molecule has 0 saturated carbocycles. The Balaban J connectivity index is 2.41. The van der Waals surface area contributed by atoms with Crippen LogP contribution in [0.25, 0.3) is 0 Å². The smallest absolute Gasteiger partial charge is 0.324 e. The highest BCUT2D eigenvalue weighted by Gasteiger charge is 2.14. The van der Waals surface area contributed by atoms with E-state index >= 15 is 0 Å². The Morgan fingerprint density at radius 3 is 2.71 bits per heavy atom. The van der Waals surface area contributed by atoms with Crippen LogP contribution in [0.2, 0.25) is 0 Å². The number of carboxylic acid groups (broad SMARTS) is 1. The monoisotopic (exact) mass is 258 g/mol. The molecule has 1 rings (SSSR count). The average molecular weight is 258 g/mol. The number of carbonyl (C=O) groups is 2. The molecule has 17 heavy (non-hydrogen) atoms. The van der Waals surface area contributed by atoms with Crippen LogP contribution in [0.15, 0.2) is 12.1 Å². The van der Waals surface area contributed by atoms with Crippen LogP contribution in [0.3, 0.4) is 0 Å². The molecule has 8 heteroatoms. The van der Waals surface area contributed by atoms with Gasteiger partial charge in [0.15, 0.2) is 0 Å². The second kappa shape index (κ2) is 5.94. The molecule has 92 valence electrons. The lowest BCUT2D eigenvalue weighted by Gasteiger charge is -2.00. The van der Waals surface area contributed by atoms with Crippen molar-refractivity contribution in [2.45, 2.75) is 12.8 Å². The molecule has 0 spiro atoms. The zero-order valence-corrected chi connectivity index (χ0v) is 9.53. The molecule has 0 bridgehead atoms. The van der Waals surface area contributed by atoms with E-state index in [9.17, 15) is 19.7 Å². The predicted octanol–water partition coefficient (Wildman–Crippen LogP) is 1.25. The maximum atomic E-state index is 11.5. The number of nitro groups is 1. The SMILES string of the molecule is O=C(O)CCCNC(=O)c1ccc([N+](=O)[O-])s1. The first-order valence-corrected chi connectivity index (χ1v) is 5.56. The van der Waals surface area contributed by atoms with Crippen LogP contribution in [0.1, 0.15) is 22.5 Å². The molecule has 0 aromatic carbocycles. The van der Waals surface area contributed by atoms with Crippen molar-refractivity contribution in [3.8, 4) is 0 Å². The third-order valence-corrected chi connectivity index (χ3v) is 2.88. The summed E-state index contributed by atoms with van der Waals surface area (Å²) in [6.45, 7) is 0.233. The highest BCUT2D eigenvalue weighted by molar-refractivity contribution is 7.17. The van der Waals surface area contributed by atoms with Gasteiger partial charge in [0.2, 0.25) is 0 Å².